The van der Waals surface area contributed by atoms with Crippen LogP contribution >= 0.6 is 62.6 Å². The van der Waals surface area contributed by atoms with Crippen molar-refractivity contribution >= 4 is 62.6 Å². The molecule has 0 radical (unpaired) electrons. The van der Waals surface area contributed by atoms with E-state index in [1.807, 2.05) is 0 Å². The molecule has 2 saturated carbocycles. The van der Waals surface area contributed by atoms with Crippen molar-refractivity contribution in [1.29, 1.82) is 0 Å². The molecule has 0 aromatic heterocycles. The Morgan fingerprint density at radius 3 is 0.842 bits per heavy atom. The molecule has 0 amide bonds. The predicted molar refractivity (Wildman–Crippen MR) is 238 cm³/mol. The number of hydrogen-bond donors (Lipinski definition) is 16. The lowest BCUT2D eigenvalue weighted by Crippen LogP contribution is -2.67. The lowest BCUT2D eigenvalue weighted by molar-refractivity contribution is -0.241. The first kappa shape index (κ1) is 72.7. The molecule has 0 spiro atoms. The Hall–Kier alpha value is 0.560. The third-order valence-corrected chi connectivity index (χ3v) is 13.6. The predicted octanol–water partition coefficient (Wildman–Crippen LogP) is -2.74. The summed E-state index contributed by atoms with van der Waals surface area (Å²) < 4.78 is 179. The van der Waals surface area contributed by atoms with Crippen molar-refractivity contribution in [2.45, 2.75) is 106 Å². The van der Waals surface area contributed by atoms with Crippen molar-refractivity contribution in [3.63, 3.8) is 0 Å². The minimum atomic E-state index is -6.02. The van der Waals surface area contributed by atoms with Gasteiger partial charge in [-0.05, 0) is 13.3 Å². The Morgan fingerprint density at radius 1 is 0.329 bits per heavy atom. The second-order valence-corrected chi connectivity index (χ2v) is 25.1. The van der Waals surface area contributed by atoms with E-state index in [0.717, 1.165) is 6.92 Å². The van der Waals surface area contributed by atoms with E-state index in [9.17, 15) is 115 Å². The van der Waals surface area contributed by atoms with Crippen LogP contribution in [-0.4, -0.2) is 231 Å². The maximum atomic E-state index is 12.4. The highest BCUT2D eigenvalue weighted by atomic mass is 31.2. The topological polar surface area (TPSA) is 608 Å². The van der Waals surface area contributed by atoms with E-state index in [2.05, 4.69) is 27.1 Å². The summed E-state index contributed by atoms with van der Waals surface area (Å²) in [6.07, 6.45) is -32.1. The van der Waals surface area contributed by atoms with Crippen molar-refractivity contribution < 1.29 is 189 Å². The fraction of sp³-hybridized carbons (Fsp3) is 1.00. The number of phosphoric ester groups is 8. The summed E-state index contributed by atoms with van der Waals surface area (Å²) in [5.74, 6) is 0. The van der Waals surface area contributed by atoms with Crippen molar-refractivity contribution in [2.75, 3.05) is 73.2 Å². The summed E-state index contributed by atoms with van der Waals surface area (Å²) in [7, 11) is -46.4. The van der Waals surface area contributed by atoms with E-state index >= 15 is 0 Å². The smallest absolute Gasteiger partial charge is 0.382 e. The van der Waals surface area contributed by atoms with Crippen molar-refractivity contribution in [3.8, 4) is 0 Å². The molecule has 2 fully saturated rings. The average Bonchev–Trinajstić information content (AvgIpc) is 3.20. The van der Waals surface area contributed by atoms with Crippen LogP contribution in [0.2, 0.25) is 0 Å². The largest absolute Gasteiger partial charge is 0.470 e. The third kappa shape index (κ3) is 29.7. The molecule has 48 heteroatoms. The lowest BCUT2D eigenvalue weighted by atomic mass is 9.84. The Labute approximate surface area is 430 Å². The standard InChI is InChI=1S/C28H62O40P8/c1-4-5-6-54-9-11-57-17-21(61-69(29,30)31)18(24(64-72(38,39)40)27(67-75(47,48)49)23(17)63-71(35,36)37)59-14-13-56-16(2)15-60-20-22(62-70(32,33)34)19(58-12-10-55-8-7-53-3)25(65-73(41,42)43)28(68-76(50,51)52)26(20)66-74(44,45)46/h16-28H,4-15H2,1-3H3,(H2,29,30,31)(H2,32,33,34)(H2,35,36,37)(H2,38,39,40)(H2,41,42,43)(H2,44,45,46)(H2,47,48,49)(H2,50,51,52)/t16?,17-,18+,19+,20-,21-,22+,23+,24-,25-,26+,27+,28+/m0/s1. The fourth-order valence-electron chi connectivity index (χ4n) is 7.04. The van der Waals surface area contributed by atoms with Crippen molar-refractivity contribution in [1.82, 2.24) is 0 Å². The molecule has 2 rings (SSSR count). The van der Waals surface area contributed by atoms with Gasteiger partial charge in [0.1, 0.15) is 73.2 Å². The summed E-state index contributed by atoms with van der Waals surface area (Å²) in [4.78, 5) is 158. The minimum Gasteiger partial charge on any atom is -0.382 e. The monoisotopic (exact) mass is 1290 g/mol. The first-order valence-corrected chi connectivity index (χ1v) is 33.4. The average molecular weight is 1290 g/mol. The van der Waals surface area contributed by atoms with E-state index in [0.29, 0.717) is 12.8 Å². The second kappa shape index (κ2) is 31.5. The van der Waals surface area contributed by atoms with Crippen LogP contribution in [0.25, 0.3) is 0 Å². The summed E-state index contributed by atoms with van der Waals surface area (Å²) in [5.41, 5.74) is 0. The van der Waals surface area contributed by atoms with Gasteiger partial charge < -0.3 is 116 Å². The Morgan fingerprint density at radius 2 is 0.566 bits per heavy atom. The van der Waals surface area contributed by atoms with Crippen molar-refractivity contribution in [3.05, 3.63) is 0 Å². The molecule has 0 aromatic carbocycles. The van der Waals surface area contributed by atoms with E-state index < -0.39 is 182 Å². The number of hydrogen-bond acceptors (Lipinski definition) is 24. The summed E-state index contributed by atoms with van der Waals surface area (Å²) >= 11 is 0. The molecule has 40 nitrogen and oxygen atoms in total. The van der Waals surface area contributed by atoms with Crippen LogP contribution < -0.4 is 0 Å². The minimum absolute atomic E-state index is 0.00820. The number of methoxy groups -OCH3 is 1. The molecule has 0 aliphatic heterocycles. The van der Waals surface area contributed by atoms with Gasteiger partial charge in [0.25, 0.3) is 0 Å². The normalized spacial score (nSPS) is 28.2. The van der Waals surface area contributed by atoms with Crippen LogP contribution in [0.15, 0.2) is 0 Å². The quantitative estimate of drug-likeness (QED) is 0.0220. The summed E-state index contributed by atoms with van der Waals surface area (Å²) in [6, 6.07) is 0. The van der Waals surface area contributed by atoms with Gasteiger partial charge in [0.2, 0.25) is 0 Å². The number of phosphoric acid groups is 8. The molecule has 454 valence electrons. The summed E-state index contributed by atoms with van der Waals surface area (Å²) in [6.45, 7) is -2.29. The van der Waals surface area contributed by atoms with Gasteiger partial charge in [-0.1, -0.05) is 13.3 Å². The molecule has 13 atom stereocenters. The van der Waals surface area contributed by atoms with Crippen LogP contribution in [0.1, 0.15) is 26.7 Å². The maximum absolute atomic E-state index is 12.4. The Balaban J connectivity index is 2.67. The molecule has 0 aromatic rings. The van der Waals surface area contributed by atoms with Crippen LogP contribution in [0.4, 0.5) is 0 Å². The highest BCUT2D eigenvalue weighted by molar-refractivity contribution is 7.48. The zero-order chi connectivity index (χ0) is 58.3. The maximum Gasteiger partial charge on any atom is 0.470 e. The first-order chi connectivity index (χ1) is 34.5. The lowest BCUT2D eigenvalue weighted by Gasteiger charge is -2.49. The molecule has 0 saturated heterocycles. The van der Waals surface area contributed by atoms with Gasteiger partial charge in [0, 0.05) is 13.7 Å². The molecule has 16 N–H and O–H groups in total. The molecule has 0 heterocycles. The van der Waals surface area contributed by atoms with Crippen LogP contribution in [0.5, 0.6) is 0 Å². The van der Waals surface area contributed by atoms with Crippen LogP contribution in [-0.2, 0) is 111 Å². The van der Waals surface area contributed by atoms with Gasteiger partial charge in [-0.3, -0.25) is 36.2 Å². The van der Waals surface area contributed by atoms with Gasteiger partial charge in [-0.15, -0.1) is 0 Å². The van der Waals surface area contributed by atoms with Gasteiger partial charge in [0.15, 0.2) is 0 Å². The number of ether oxygens (including phenoxy) is 8. The Kier molecular flexibility index (Phi) is 30.1. The van der Waals surface area contributed by atoms with E-state index in [1.165, 1.54) is 7.11 Å². The summed E-state index contributed by atoms with van der Waals surface area (Å²) in [5, 5.41) is 0. The van der Waals surface area contributed by atoms with Crippen LogP contribution in [0, 0.1) is 0 Å². The van der Waals surface area contributed by atoms with Gasteiger partial charge in [-0.25, -0.2) is 36.5 Å². The zero-order valence-electron chi connectivity index (χ0n) is 39.5. The zero-order valence-corrected chi connectivity index (χ0v) is 46.7. The van der Waals surface area contributed by atoms with Gasteiger partial charge in [-0.2, -0.15) is 0 Å². The van der Waals surface area contributed by atoms with Crippen LogP contribution in [0.3, 0.4) is 0 Å². The Bertz CT molecular complexity index is 2120. The molecular formula is C28H62O40P8. The van der Waals surface area contributed by atoms with Crippen molar-refractivity contribution in [2.24, 2.45) is 0 Å². The van der Waals surface area contributed by atoms with E-state index in [1.54, 1.807) is 6.92 Å². The number of unbranched alkanes of at least 4 members (excludes halogenated alkanes) is 1. The van der Waals surface area contributed by atoms with Gasteiger partial charge >= 0.3 is 62.6 Å². The molecule has 0 bridgehead atoms. The molecule has 2 aliphatic carbocycles. The SMILES string of the molecule is CCCCOCCO[C@H]1[C@H](OP(=O)(O)O)[C@@H](OCCOC(C)CO[C@H]2[C@H](OP(=O)(O)O)[C@@H](OCCOCCOC)[C@H](OP(=O)(O)O)[C@@H](OP(=O)(O)O)[C@@H]2OP(=O)(O)O)[C@H](OP(=O)(O)O)[C@H](OP(=O)(O)O)[C@@H]1OP(=O)(O)O. The third-order valence-electron chi connectivity index (χ3n) is 9.43. The molecular weight excluding hydrogens is 1220 g/mol. The van der Waals surface area contributed by atoms with E-state index in [4.69, 9.17) is 46.9 Å². The first-order valence-electron chi connectivity index (χ1n) is 21.2. The van der Waals surface area contributed by atoms with E-state index in [-0.39, 0.29) is 26.4 Å². The second-order valence-electron chi connectivity index (χ2n) is 15.5. The molecule has 2 aliphatic rings. The molecule has 1 unspecified atom stereocenters. The highest BCUT2D eigenvalue weighted by Gasteiger charge is 2.62. The highest BCUT2D eigenvalue weighted by Crippen LogP contribution is 2.55. The molecule has 76 heavy (non-hydrogen) atoms. The van der Waals surface area contributed by atoms with Gasteiger partial charge in [0.05, 0.1) is 65.6 Å². The number of rotatable bonds is 38. The fourth-order valence-corrected chi connectivity index (χ4v) is 11.5.